The van der Waals surface area contributed by atoms with Gasteiger partial charge in [-0.25, -0.2) is 9.36 Å². The van der Waals surface area contributed by atoms with E-state index in [1.54, 1.807) is 13.8 Å². The van der Waals surface area contributed by atoms with E-state index < -0.39 is 19.9 Å². The maximum atomic E-state index is 11.8. The van der Waals surface area contributed by atoms with Crippen LogP contribution in [0.1, 0.15) is 33.1 Å². The number of carbonyl (C=O) groups excluding carboxylic acids is 1. The SMILES string of the molecule is C=C(C)C(=O)OCCC(CCC[N+](C)(C)C)OP(=O)(O)OCC. The van der Waals surface area contributed by atoms with Gasteiger partial charge in [0, 0.05) is 12.0 Å². The molecule has 0 heterocycles. The predicted molar refractivity (Wildman–Crippen MR) is 88.8 cm³/mol. The molecule has 0 aliphatic carbocycles. The Kier molecular flexibility index (Phi) is 9.89. The molecule has 0 rings (SSSR count). The Hall–Kier alpha value is -0.720. The van der Waals surface area contributed by atoms with Gasteiger partial charge in [-0.1, -0.05) is 6.58 Å². The third kappa shape index (κ3) is 12.4. The van der Waals surface area contributed by atoms with Crippen LogP contribution in [0.2, 0.25) is 0 Å². The van der Waals surface area contributed by atoms with Crippen LogP contribution >= 0.6 is 7.82 Å². The number of hydrogen-bond donors (Lipinski definition) is 1. The summed E-state index contributed by atoms with van der Waals surface area (Å²) in [6.07, 6.45) is 1.21. The number of phosphoric ester groups is 1. The van der Waals surface area contributed by atoms with Crippen molar-refractivity contribution in [3.8, 4) is 0 Å². The number of ether oxygens (including phenoxy) is 1. The molecule has 0 aromatic heterocycles. The van der Waals surface area contributed by atoms with Crippen LogP contribution in [0.4, 0.5) is 0 Å². The van der Waals surface area contributed by atoms with E-state index in [0.717, 1.165) is 17.4 Å². The summed E-state index contributed by atoms with van der Waals surface area (Å²) in [6.45, 7) is 7.77. The van der Waals surface area contributed by atoms with Crippen LogP contribution in [0.3, 0.4) is 0 Å². The van der Waals surface area contributed by atoms with E-state index in [-0.39, 0.29) is 13.2 Å². The van der Waals surface area contributed by atoms with E-state index in [1.165, 1.54) is 0 Å². The minimum Gasteiger partial charge on any atom is -0.462 e. The first-order valence-corrected chi connectivity index (χ1v) is 9.25. The zero-order valence-corrected chi connectivity index (χ0v) is 15.8. The van der Waals surface area contributed by atoms with Gasteiger partial charge in [-0.15, -0.1) is 0 Å². The third-order valence-corrected chi connectivity index (χ3v) is 4.10. The molecule has 0 aliphatic rings. The zero-order valence-electron chi connectivity index (χ0n) is 14.9. The Bertz CT molecular complexity index is 432. The smallest absolute Gasteiger partial charge is 0.462 e. The Morgan fingerprint density at radius 1 is 1.30 bits per heavy atom. The van der Waals surface area contributed by atoms with Gasteiger partial charge in [0.1, 0.15) is 0 Å². The summed E-state index contributed by atoms with van der Waals surface area (Å²) in [7, 11) is 2.14. The fraction of sp³-hybridized carbons (Fsp3) is 0.800. The molecule has 0 radical (unpaired) electrons. The lowest BCUT2D eigenvalue weighted by atomic mass is 10.1. The van der Waals surface area contributed by atoms with Crippen LogP contribution in [-0.2, 0) is 23.1 Å². The van der Waals surface area contributed by atoms with Gasteiger partial charge in [0.05, 0.1) is 47.0 Å². The molecular formula is C15H31NO6P+. The summed E-state index contributed by atoms with van der Waals surface area (Å²) in [5, 5.41) is 0. The molecule has 0 bridgehead atoms. The van der Waals surface area contributed by atoms with Crippen molar-refractivity contribution in [2.24, 2.45) is 0 Å². The Morgan fingerprint density at radius 3 is 2.39 bits per heavy atom. The summed E-state index contributed by atoms with van der Waals surface area (Å²) >= 11 is 0. The van der Waals surface area contributed by atoms with E-state index in [9.17, 15) is 14.3 Å². The minimum atomic E-state index is -4.08. The van der Waals surface area contributed by atoms with Crippen molar-refractivity contribution in [1.82, 2.24) is 0 Å². The van der Waals surface area contributed by atoms with Gasteiger partial charge < -0.3 is 14.1 Å². The van der Waals surface area contributed by atoms with Crippen molar-refractivity contribution in [2.75, 3.05) is 40.9 Å². The van der Waals surface area contributed by atoms with E-state index in [2.05, 4.69) is 27.7 Å². The van der Waals surface area contributed by atoms with Gasteiger partial charge in [0.15, 0.2) is 0 Å². The van der Waals surface area contributed by atoms with Gasteiger partial charge in [-0.2, -0.15) is 0 Å². The monoisotopic (exact) mass is 352 g/mol. The third-order valence-electron chi connectivity index (χ3n) is 2.95. The summed E-state index contributed by atoms with van der Waals surface area (Å²) in [5.41, 5.74) is 0.314. The van der Waals surface area contributed by atoms with Crippen LogP contribution in [0, 0.1) is 0 Å². The molecule has 0 aromatic rings. The Balaban J connectivity index is 4.51. The number of quaternary nitrogens is 1. The molecule has 23 heavy (non-hydrogen) atoms. The molecule has 0 saturated carbocycles. The number of nitrogens with zero attached hydrogens (tertiary/aromatic N) is 1. The van der Waals surface area contributed by atoms with Gasteiger partial charge in [-0.05, 0) is 26.7 Å². The summed E-state index contributed by atoms with van der Waals surface area (Å²) in [6, 6.07) is 0. The normalized spacial score (nSPS) is 15.7. The zero-order chi connectivity index (χ0) is 18.1. The lowest BCUT2D eigenvalue weighted by molar-refractivity contribution is -0.870. The summed E-state index contributed by atoms with van der Waals surface area (Å²) in [5.74, 6) is -0.480. The second-order valence-electron chi connectivity index (χ2n) is 6.47. The first kappa shape index (κ1) is 22.3. The highest BCUT2D eigenvalue weighted by atomic mass is 31.2. The van der Waals surface area contributed by atoms with Crippen molar-refractivity contribution in [1.29, 1.82) is 0 Å². The van der Waals surface area contributed by atoms with Gasteiger partial charge in [0.25, 0.3) is 0 Å². The topological polar surface area (TPSA) is 82.1 Å². The van der Waals surface area contributed by atoms with Crippen molar-refractivity contribution >= 4 is 13.8 Å². The van der Waals surface area contributed by atoms with Crippen molar-refractivity contribution in [3.63, 3.8) is 0 Å². The number of hydrogen-bond acceptors (Lipinski definition) is 5. The number of phosphoric acid groups is 1. The minimum absolute atomic E-state index is 0.0873. The molecule has 0 fully saturated rings. The van der Waals surface area contributed by atoms with Gasteiger partial charge in [0.2, 0.25) is 0 Å². The highest BCUT2D eigenvalue weighted by Crippen LogP contribution is 2.45. The van der Waals surface area contributed by atoms with E-state index >= 15 is 0 Å². The fourth-order valence-corrected chi connectivity index (χ4v) is 2.81. The molecule has 2 unspecified atom stereocenters. The van der Waals surface area contributed by atoms with Crippen molar-refractivity contribution in [3.05, 3.63) is 12.2 Å². The van der Waals surface area contributed by atoms with Crippen molar-refractivity contribution in [2.45, 2.75) is 39.2 Å². The molecule has 0 spiro atoms. The molecule has 7 nitrogen and oxygen atoms in total. The molecule has 0 amide bonds. The van der Waals surface area contributed by atoms with E-state index in [0.29, 0.717) is 18.4 Å². The van der Waals surface area contributed by atoms with Crippen LogP contribution in [0.15, 0.2) is 12.2 Å². The molecule has 2 atom stereocenters. The number of rotatable bonds is 12. The Morgan fingerprint density at radius 2 is 1.91 bits per heavy atom. The Labute approximate surface area is 139 Å². The largest absolute Gasteiger partial charge is 0.472 e. The molecule has 0 aromatic carbocycles. The van der Waals surface area contributed by atoms with Crippen LogP contribution in [-0.4, -0.2) is 62.4 Å². The van der Waals surface area contributed by atoms with Crippen LogP contribution in [0.5, 0.6) is 0 Å². The van der Waals surface area contributed by atoms with Gasteiger partial charge >= 0.3 is 13.8 Å². The number of esters is 1. The molecule has 0 saturated heterocycles. The lowest BCUT2D eigenvalue weighted by Gasteiger charge is -2.25. The number of carbonyl (C=O) groups is 1. The lowest BCUT2D eigenvalue weighted by Crippen LogP contribution is -2.35. The maximum absolute atomic E-state index is 11.8. The fourth-order valence-electron chi connectivity index (χ4n) is 1.83. The maximum Gasteiger partial charge on any atom is 0.472 e. The highest BCUT2D eigenvalue weighted by Gasteiger charge is 2.26. The standard InChI is InChI=1S/C15H30NO6P/c1-7-21-23(18,19)22-14(9-8-11-16(4,5)6)10-12-20-15(17)13(2)3/h14H,2,7-12H2,1,3-6H3/p+1. The predicted octanol–water partition coefficient (Wildman–Crippen LogP) is 2.50. The van der Waals surface area contributed by atoms with E-state index in [4.69, 9.17) is 13.8 Å². The van der Waals surface area contributed by atoms with Gasteiger partial charge in [-0.3, -0.25) is 9.05 Å². The first-order valence-electron chi connectivity index (χ1n) is 7.75. The van der Waals surface area contributed by atoms with Crippen LogP contribution < -0.4 is 0 Å². The molecular weight excluding hydrogens is 321 g/mol. The second kappa shape index (κ2) is 10.2. The molecule has 1 N–H and O–H groups in total. The van der Waals surface area contributed by atoms with Crippen LogP contribution in [0.25, 0.3) is 0 Å². The quantitative estimate of drug-likeness (QED) is 0.251. The van der Waals surface area contributed by atoms with Crippen molar-refractivity contribution < 1.29 is 32.5 Å². The van der Waals surface area contributed by atoms with E-state index in [1.807, 2.05) is 0 Å². The highest BCUT2D eigenvalue weighted by molar-refractivity contribution is 7.47. The first-order chi connectivity index (χ1) is 10.5. The summed E-state index contributed by atoms with van der Waals surface area (Å²) < 4.78 is 27.5. The average molecular weight is 352 g/mol. The molecule has 136 valence electrons. The summed E-state index contributed by atoms with van der Waals surface area (Å²) in [4.78, 5) is 21.0. The second-order valence-corrected chi connectivity index (χ2v) is 7.88. The average Bonchev–Trinajstić information content (AvgIpc) is 2.35. The molecule has 8 heteroatoms. The molecule has 0 aliphatic heterocycles.